The second-order valence-corrected chi connectivity index (χ2v) is 5.77. The topological polar surface area (TPSA) is 43.6 Å². The molecule has 2 heterocycles. The van der Waals surface area contributed by atoms with Crippen LogP contribution in [0.5, 0.6) is 0 Å². The van der Waals surface area contributed by atoms with E-state index in [1.807, 2.05) is 12.1 Å². The van der Waals surface area contributed by atoms with Gasteiger partial charge in [-0.3, -0.25) is 0 Å². The Morgan fingerprint density at radius 1 is 1.33 bits per heavy atom. The van der Waals surface area contributed by atoms with E-state index in [2.05, 4.69) is 26.1 Å². The molecule has 1 unspecified atom stereocenters. The van der Waals surface area contributed by atoms with Crippen LogP contribution in [0, 0.1) is 0 Å². The van der Waals surface area contributed by atoms with Crippen LogP contribution < -0.4 is 5.32 Å². The molecule has 4 nitrogen and oxygen atoms in total. The van der Waals surface area contributed by atoms with Gasteiger partial charge in [0, 0.05) is 12.1 Å². The first kappa shape index (κ1) is 13.6. The summed E-state index contributed by atoms with van der Waals surface area (Å²) < 4.78 is 16.7. The van der Waals surface area contributed by atoms with Gasteiger partial charge in [-0.1, -0.05) is 0 Å². The van der Waals surface area contributed by atoms with Crippen LogP contribution in [-0.4, -0.2) is 24.9 Å². The highest BCUT2D eigenvalue weighted by atomic mass is 16.5. The smallest absolute Gasteiger partial charge is 0.129 e. The Morgan fingerprint density at radius 3 is 2.78 bits per heavy atom. The number of hydrogen-bond donors (Lipinski definition) is 1. The minimum Gasteiger partial charge on any atom is -0.462 e. The molecule has 102 valence electrons. The number of rotatable bonds is 5. The van der Waals surface area contributed by atoms with Crippen LogP contribution in [0.2, 0.25) is 0 Å². The van der Waals surface area contributed by atoms with Gasteiger partial charge in [-0.2, -0.15) is 0 Å². The molecule has 2 rings (SSSR count). The first-order valence-electron chi connectivity index (χ1n) is 6.55. The second-order valence-electron chi connectivity index (χ2n) is 5.77. The fourth-order valence-corrected chi connectivity index (χ4v) is 1.79. The van der Waals surface area contributed by atoms with Gasteiger partial charge in [0.2, 0.25) is 0 Å². The fraction of sp³-hybridized carbons (Fsp3) is 0.714. The number of hydrogen-bond acceptors (Lipinski definition) is 4. The number of nitrogens with one attached hydrogen (secondary N) is 1. The minimum absolute atomic E-state index is 0.102. The molecule has 18 heavy (non-hydrogen) atoms. The van der Waals surface area contributed by atoms with E-state index in [0.717, 1.165) is 31.1 Å². The van der Waals surface area contributed by atoms with Crippen molar-refractivity contribution in [3.8, 4) is 0 Å². The Bertz CT molecular complexity index is 361. The highest BCUT2D eigenvalue weighted by Crippen LogP contribution is 2.14. The zero-order valence-electron chi connectivity index (χ0n) is 11.5. The molecule has 1 aromatic heterocycles. The summed E-state index contributed by atoms with van der Waals surface area (Å²) in [5.74, 6) is 1.83. The first-order valence-corrected chi connectivity index (χ1v) is 6.55. The lowest BCUT2D eigenvalue weighted by atomic mass is 10.1. The Labute approximate surface area is 109 Å². The van der Waals surface area contributed by atoms with Gasteiger partial charge >= 0.3 is 0 Å². The lowest BCUT2D eigenvalue weighted by molar-refractivity contribution is 0.0230. The van der Waals surface area contributed by atoms with Crippen LogP contribution in [0.25, 0.3) is 0 Å². The van der Waals surface area contributed by atoms with Gasteiger partial charge in [-0.15, -0.1) is 0 Å². The average molecular weight is 253 g/mol. The third-order valence-electron chi connectivity index (χ3n) is 2.86. The van der Waals surface area contributed by atoms with Gasteiger partial charge in [-0.05, 0) is 39.3 Å². The zero-order valence-corrected chi connectivity index (χ0v) is 11.5. The standard InChI is InChI=1S/C14H23NO3/c1-14(2,3)15-8-11-4-5-13(18-11)10-17-12-6-7-16-9-12/h4-5,12,15H,6-10H2,1-3H3. The molecule has 4 heteroatoms. The van der Waals surface area contributed by atoms with Gasteiger partial charge in [0.15, 0.2) is 0 Å². The highest BCUT2D eigenvalue weighted by molar-refractivity contribution is 5.06. The average Bonchev–Trinajstić information content (AvgIpc) is 2.94. The summed E-state index contributed by atoms with van der Waals surface area (Å²) >= 11 is 0. The predicted octanol–water partition coefficient (Wildman–Crippen LogP) is 2.47. The van der Waals surface area contributed by atoms with E-state index >= 15 is 0 Å². The maximum atomic E-state index is 5.71. The Morgan fingerprint density at radius 2 is 2.11 bits per heavy atom. The zero-order chi connectivity index (χ0) is 13.0. The first-order chi connectivity index (χ1) is 8.53. The van der Waals surface area contributed by atoms with E-state index in [1.165, 1.54) is 0 Å². The van der Waals surface area contributed by atoms with Crippen molar-refractivity contribution in [2.45, 2.75) is 52.0 Å². The summed E-state index contributed by atoms with van der Waals surface area (Å²) in [5.41, 5.74) is 0.102. The van der Waals surface area contributed by atoms with Crippen molar-refractivity contribution in [1.29, 1.82) is 0 Å². The van der Waals surface area contributed by atoms with Gasteiger partial charge < -0.3 is 19.2 Å². The largest absolute Gasteiger partial charge is 0.462 e. The summed E-state index contributed by atoms with van der Waals surface area (Å²) in [7, 11) is 0. The molecule has 0 spiro atoms. The molecule has 1 saturated heterocycles. The minimum atomic E-state index is 0.102. The second kappa shape index (κ2) is 5.87. The lowest BCUT2D eigenvalue weighted by Gasteiger charge is -2.19. The van der Waals surface area contributed by atoms with Crippen molar-refractivity contribution in [3.05, 3.63) is 23.7 Å². The molecule has 0 aliphatic carbocycles. The molecule has 0 aromatic carbocycles. The maximum Gasteiger partial charge on any atom is 0.129 e. The molecule has 0 radical (unpaired) electrons. The fourth-order valence-electron chi connectivity index (χ4n) is 1.79. The van der Waals surface area contributed by atoms with Crippen molar-refractivity contribution in [3.63, 3.8) is 0 Å². The van der Waals surface area contributed by atoms with E-state index in [4.69, 9.17) is 13.9 Å². The van der Waals surface area contributed by atoms with Crippen molar-refractivity contribution >= 4 is 0 Å². The Hall–Kier alpha value is -0.840. The van der Waals surface area contributed by atoms with Crippen LogP contribution in [0.3, 0.4) is 0 Å². The molecule has 0 bridgehead atoms. The van der Waals surface area contributed by atoms with E-state index in [9.17, 15) is 0 Å². The van der Waals surface area contributed by atoms with Crippen molar-refractivity contribution < 1.29 is 13.9 Å². The molecular formula is C14H23NO3. The van der Waals surface area contributed by atoms with Crippen LogP contribution in [-0.2, 0) is 22.6 Å². The molecule has 0 saturated carbocycles. The summed E-state index contributed by atoms with van der Waals surface area (Å²) in [6.07, 6.45) is 1.21. The summed E-state index contributed by atoms with van der Waals surface area (Å²) in [4.78, 5) is 0. The molecule has 1 atom stereocenters. The molecule has 1 aromatic rings. The maximum absolute atomic E-state index is 5.71. The highest BCUT2D eigenvalue weighted by Gasteiger charge is 2.16. The van der Waals surface area contributed by atoms with Crippen molar-refractivity contribution in [2.75, 3.05) is 13.2 Å². The Kier molecular flexibility index (Phi) is 4.43. The SMILES string of the molecule is CC(C)(C)NCc1ccc(COC2CCOC2)o1. The van der Waals surface area contributed by atoms with E-state index in [0.29, 0.717) is 13.2 Å². The van der Waals surface area contributed by atoms with Crippen LogP contribution in [0.1, 0.15) is 38.7 Å². The third kappa shape index (κ3) is 4.44. The number of ether oxygens (including phenoxy) is 2. The van der Waals surface area contributed by atoms with Gasteiger partial charge in [0.05, 0.1) is 19.3 Å². The summed E-state index contributed by atoms with van der Waals surface area (Å²) in [6.45, 7) is 9.21. The van der Waals surface area contributed by atoms with E-state index < -0.39 is 0 Å². The third-order valence-corrected chi connectivity index (χ3v) is 2.86. The normalized spacial score (nSPS) is 20.5. The van der Waals surface area contributed by atoms with E-state index in [1.54, 1.807) is 0 Å². The summed E-state index contributed by atoms with van der Waals surface area (Å²) in [5, 5.41) is 3.39. The molecular weight excluding hydrogens is 230 g/mol. The number of furan rings is 1. The van der Waals surface area contributed by atoms with E-state index in [-0.39, 0.29) is 11.6 Å². The predicted molar refractivity (Wildman–Crippen MR) is 69.3 cm³/mol. The van der Waals surface area contributed by atoms with Crippen molar-refractivity contribution in [2.24, 2.45) is 0 Å². The molecule has 1 aliphatic rings. The molecule has 1 fully saturated rings. The lowest BCUT2D eigenvalue weighted by Crippen LogP contribution is -2.34. The van der Waals surface area contributed by atoms with Crippen LogP contribution in [0.4, 0.5) is 0 Å². The van der Waals surface area contributed by atoms with Crippen LogP contribution in [0.15, 0.2) is 16.5 Å². The molecule has 1 N–H and O–H groups in total. The van der Waals surface area contributed by atoms with Crippen molar-refractivity contribution in [1.82, 2.24) is 5.32 Å². The quantitative estimate of drug-likeness (QED) is 0.875. The monoisotopic (exact) mass is 253 g/mol. The molecule has 1 aliphatic heterocycles. The van der Waals surface area contributed by atoms with Gasteiger partial charge in [-0.25, -0.2) is 0 Å². The van der Waals surface area contributed by atoms with Gasteiger partial charge in [0.25, 0.3) is 0 Å². The van der Waals surface area contributed by atoms with Crippen LogP contribution >= 0.6 is 0 Å². The van der Waals surface area contributed by atoms with Gasteiger partial charge in [0.1, 0.15) is 18.1 Å². The summed E-state index contributed by atoms with van der Waals surface area (Å²) in [6, 6.07) is 3.98. The Balaban J connectivity index is 1.75. The molecule has 0 amide bonds.